The van der Waals surface area contributed by atoms with Crippen molar-refractivity contribution in [1.29, 1.82) is 0 Å². The van der Waals surface area contributed by atoms with Gasteiger partial charge in [-0.25, -0.2) is 0 Å². The van der Waals surface area contributed by atoms with Crippen molar-refractivity contribution < 1.29 is 4.42 Å². The van der Waals surface area contributed by atoms with Crippen LogP contribution in [0.15, 0.2) is 168 Å². The zero-order chi connectivity index (χ0) is 37.5. The summed E-state index contributed by atoms with van der Waals surface area (Å²) in [6, 6.07) is 60.7. The van der Waals surface area contributed by atoms with E-state index in [1.165, 1.54) is 76.8 Å². The van der Waals surface area contributed by atoms with Crippen molar-refractivity contribution in [1.82, 2.24) is 0 Å². The highest BCUT2D eigenvalue weighted by Crippen LogP contribution is 2.59. The molecule has 0 saturated carbocycles. The number of hydrogen-bond acceptors (Lipinski definition) is 2. The Hall–Kier alpha value is -6.64. The van der Waals surface area contributed by atoms with E-state index in [1.54, 1.807) is 0 Å². The van der Waals surface area contributed by atoms with Crippen LogP contribution in [0.2, 0.25) is 0 Å². The lowest BCUT2D eigenvalue weighted by molar-refractivity contribution is 0.652. The van der Waals surface area contributed by atoms with E-state index < -0.39 is 0 Å². The Morgan fingerprint density at radius 3 is 1.88 bits per heavy atom. The first kappa shape index (κ1) is 31.7. The molecule has 0 saturated heterocycles. The highest BCUT2D eigenvalue weighted by Gasteiger charge is 2.43. The minimum atomic E-state index is -0.239. The van der Waals surface area contributed by atoms with Crippen LogP contribution in [0.1, 0.15) is 49.9 Å². The van der Waals surface area contributed by atoms with Crippen molar-refractivity contribution in [2.75, 3.05) is 4.90 Å². The second-order valence-corrected chi connectivity index (χ2v) is 16.9. The molecule has 2 heteroatoms. The van der Waals surface area contributed by atoms with Crippen molar-refractivity contribution in [3.63, 3.8) is 0 Å². The summed E-state index contributed by atoms with van der Waals surface area (Å²) in [5, 5.41) is 9.68. The van der Waals surface area contributed by atoms with Gasteiger partial charge in [0.25, 0.3) is 0 Å². The Bertz CT molecular complexity index is 3320. The third kappa shape index (κ3) is 4.11. The molecule has 10 aromatic rings. The van der Waals surface area contributed by atoms with Gasteiger partial charge in [-0.1, -0.05) is 149 Å². The van der Waals surface area contributed by atoms with Gasteiger partial charge >= 0.3 is 0 Å². The van der Waals surface area contributed by atoms with Crippen LogP contribution < -0.4 is 4.90 Å². The van der Waals surface area contributed by atoms with Gasteiger partial charge in [0.2, 0.25) is 0 Å². The van der Waals surface area contributed by atoms with E-state index in [0.717, 1.165) is 39.0 Å². The molecule has 0 unspecified atom stereocenters. The fraction of sp³-hybridized carbons (Fsp3) is 0.111. The normalized spacial score (nSPS) is 14.7. The molecule has 0 fully saturated rings. The summed E-state index contributed by atoms with van der Waals surface area (Å²) >= 11 is 0. The van der Waals surface area contributed by atoms with Crippen molar-refractivity contribution in [2.24, 2.45) is 0 Å². The predicted octanol–water partition coefficient (Wildman–Crippen LogP) is 15.1. The Kier molecular flexibility index (Phi) is 6.22. The Morgan fingerprint density at radius 2 is 1.02 bits per heavy atom. The molecule has 0 aliphatic heterocycles. The van der Waals surface area contributed by atoms with Gasteiger partial charge in [0.05, 0.1) is 11.4 Å². The third-order valence-electron chi connectivity index (χ3n) is 13.2. The van der Waals surface area contributed by atoms with Crippen molar-refractivity contribution in [3.05, 3.63) is 186 Å². The van der Waals surface area contributed by atoms with Crippen LogP contribution in [-0.4, -0.2) is 0 Å². The summed E-state index contributed by atoms with van der Waals surface area (Å²) in [5.74, 6) is 0. The molecule has 9 aromatic carbocycles. The molecule has 266 valence electrons. The quantitative estimate of drug-likeness (QED) is 0.169. The van der Waals surface area contributed by atoms with Crippen molar-refractivity contribution in [2.45, 2.75) is 38.5 Å². The summed E-state index contributed by atoms with van der Waals surface area (Å²) in [5.41, 5.74) is 15.7. The molecule has 56 heavy (non-hydrogen) atoms. The maximum Gasteiger partial charge on any atom is 0.159 e. The van der Waals surface area contributed by atoms with E-state index in [0.29, 0.717) is 0 Å². The van der Waals surface area contributed by atoms with E-state index in [9.17, 15) is 0 Å². The first-order chi connectivity index (χ1) is 27.3. The summed E-state index contributed by atoms with van der Waals surface area (Å²) < 4.78 is 6.81. The molecule has 1 aromatic heterocycles. The molecule has 12 rings (SSSR count). The first-order valence-electron chi connectivity index (χ1n) is 19.8. The number of para-hydroxylation sites is 2. The average molecular weight is 718 g/mol. The summed E-state index contributed by atoms with van der Waals surface area (Å²) in [6.45, 7) is 9.60. The maximum atomic E-state index is 6.81. The number of rotatable bonds is 3. The lowest BCUT2D eigenvalue weighted by atomic mass is 9.79. The second-order valence-electron chi connectivity index (χ2n) is 16.9. The molecule has 0 spiro atoms. The van der Waals surface area contributed by atoms with Crippen molar-refractivity contribution in [3.8, 4) is 22.3 Å². The second kappa shape index (κ2) is 11.0. The highest BCUT2D eigenvalue weighted by molar-refractivity contribution is 6.15. The highest BCUT2D eigenvalue weighted by atomic mass is 16.3. The van der Waals surface area contributed by atoms with E-state index in [1.807, 2.05) is 0 Å². The Morgan fingerprint density at radius 1 is 0.393 bits per heavy atom. The lowest BCUT2D eigenvalue weighted by Gasteiger charge is -2.30. The standard InChI is InChI=1S/C54H39NO/c1-53(2)44-21-11-9-16-36(44)42-29-46-43(30-45(42)53)51-39-19-8-7-17-37(39)49(31-47(51)54(46,3)4)55(48-22-13-20-40-38-18-10-12-23-50(38)56-52(40)48)34-27-26-33-25-24-32-14-5-6-15-35(32)41(33)28-34/h5-31H,1-4H3. The maximum absolute atomic E-state index is 6.81. The van der Waals surface area contributed by atoms with Gasteiger partial charge in [0.1, 0.15) is 5.58 Å². The van der Waals surface area contributed by atoms with Gasteiger partial charge in [0, 0.05) is 32.7 Å². The molecule has 0 bridgehead atoms. The molecule has 0 amide bonds. The number of furan rings is 1. The number of anilines is 3. The Labute approximate surface area is 326 Å². The van der Waals surface area contributed by atoms with Gasteiger partial charge in [-0.15, -0.1) is 0 Å². The zero-order valence-corrected chi connectivity index (χ0v) is 31.9. The van der Waals surface area contributed by atoms with Gasteiger partial charge in [0.15, 0.2) is 5.58 Å². The minimum Gasteiger partial charge on any atom is -0.454 e. The monoisotopic (exact) mass is 717 g/mol. The topological polar surface area (TPSA) is 16.4 Å². The number of hydrogen-bond donors (Lipinski definition) is 0. The largest absolute Gasteiger partial charge is 0.454 e. The molecule has 2 aliphatic carbocycles. The van der Waals surface area contributed by atoms with Gasteiger partial charge < -0.3 is 9.32 Å². The molecule has 2 aliphatic rings. The fourth-order valence-electron chi connectivity index (χ4n) is 10.4. The van der Waals surface area contributed by atoms with Crippen LogP contribution in [0.25, 0.3) is 76.5 Å². The SMILES string of the molecule is CC1(C)c2ccccc2-c2cc3c(cc21)-c1c(cc(N(c2ccc4ccc5ccccc5c4c2)c2cccc4c2oc2ccccc24)c2ccccc12)C3(C)C. The number of fused-ring (bicyclic) bond motifs is 14. The van der Waals surface area contributed by atoms with Crippen LogP contribution in [0, 0.1) is 0 Å². The van der Waals surface area contributed by atoms with Crippen LogP contribution >= 0.6 is 0 Å². The molecule has 0 atom stereocenters. The van der Waals surface area contributed by atoms with E-state index >= 15 is 0 Å². The van der Waals surface area contributed by atoms with Gasteiger partial charge in [-0.05, 0) is 114 Å². The molecular formula is C54H39NO. The summed E-state index contributed by atoms with van der Waals surface area (Å²) in [4.78, 5) is 2.47. The average Bonchev–Trinajstić information content (AvgIpc) is 3.80. The molecular weight excluding hydrogens is 679 g/mol. The van der Waals surface area contributed by atoms with Gasteiger partial charge in [-0.3, -0.25) is 0 Å². The predicted molar refractivity (Wildman–Crippen MR) is 236 cm³/mol. The van der Waals surface area contributed by atoms with Crippen LogP contribution in [0.5, 0.6) is 0 Å². The molecule has 0 radical (unpaired) electrons. The van der Waals surface area contributed by atoms with Crippen molar-refractivity contribution >= 4 is 71.3 Å². The van der Waals surface area contributed by atoms with Gasteiger partial charge in [-0.2, -0.15) is 0 Å². The van der Waals surface area contributed by atoms with E-state index in [-0.39, 0.29) is 10.8 Å². The lowest BCUT2D eigenvalue weighted by Crippen LogP contribution is -2.18. The van der Waals surface area contributed by atoms with Crippen LogP contribution in [-0.2, 0) is 10.8 Å². The van der Waals surface area contributed by atoms with Crippen LogP contribution in [0.4, 0.5) is 17.1 Å². The third-order valence-corrected chi connectivity index (χ3v) is 13.2. The van der Waals surface area contributed by atoms with Crippen LogP contribution in [0.3, 0.4) is 0 Å². The number of nitrogens with zero attached hydrogens (tertiary/aromatic N) is 1. The van der Waals surface area contributed by atoms with E-state index in [4.69, 9.17) is 4.42 Å². The molecule has 0 N–H and O–H groups in total. The zero-order valence-electron chi connectivity index (χ0n) is 31.9. The summed E-state index contributed by atoms with van der Waals surface area (Å²) in [7, 11) is 0. The molecule has 2 nitrogen and oxygen atoms in total. The molecule has 1 heterocycles. The Balaban J connectivity index is 1.17. The van der Waals surface area contributed by atoms with E-state index in [2.05, 4.69) is 196 Å². The first-order valence-corrected chi connectivity index (χ1v) is 19.8. The number of benzene rings is 9. The summed E-state index contributed by atoms with van der Waals surface area (Å²) in [6.07, 6.45) is 0. The smallest absolute Gasteiger partial charge is 0.159 e. The minimum absolute atomic E-state index is 0.0775. The fourth-order valence-corrected chi connectivity index (χ4v) is 10.4.